The molecule has 0 aliphatic heterocycles. The number of nitrogens with one attached hydrogen (secondary N) is 3. The SMILES string of the molecule is COc1ccc(NC(=O)c2ccc(-n3nnnc3-c3cc(-c4nnnn4-c4ccc(C(=O)Nc5ccc(OC)cc5)cc4)cc(-c4nnnn4-c4ccc(C(=O)Nc5ccc(OC)cc5)cc4)c3)cc2)cc1. The van der Waals surface area contributed by atoms with Gasteiger partial charge < -0.3 is 30.2 Å². The first kappa shape index (κ1) is 45.3. The molecule has 21 nitrogen and oxygen atoms in total. The van der Waals surface area contributed by atoms with Gasteiger partial charge in [0.05, 0.1) is 38.4 Å². The predicted molar refractivity (Wildman–Crippen MR) is 264 cm³/mol. The maximum atomic E-state index is 13.2. The molecule has 3 amide bonds. The van der Waals surface area contributed by atoms with E-state index in [1.54, 1.807) is 167 Å². The Balaban J connectivity index is 0.979. The minimum absolute atomic E-state index is 0.311. The van der Waals surface area contributed by atoms with Crippen LogP contribution in [0.5, 0.6) is 17.2 Å². The standard InChI is InChI=1S/C51H39N15O6/c1-70-43-22-10-37(11-23-43)52-49(67)31-4-16-40(17-5-31)64-46(55-58-61-64)34-28-35(47-56-59-62-65(47)41-18-6-32(7-19-41)50(68)53-38-12-24-44(71-2)25-13-38)30-36(29-34)48-57-60-63-66(48)42-20-8-33(9-21-42)51(69)54-39-14-26-45(72-3)27-15-39/h4-30H,1-3H3,(H,52,67)(H,53,68)(H,54,69). The van der Waals surface area contributed by atoms with Crippen molar-refractivity contribution >= 4 is 34.8 Å². The topological polar surface area (TPSA) is 246 Å². The average Bonchev–Trinajstić information content (AvgIpc) is 4.25. The Hall–Kier alpha value is -10.4. The molecule has 0 aliphatic carbocycles. The minimum Gasteiger partial charge on any atom is -0.497 e. The van der Waals surface area contributed by atoms with Crippen LogP contribution < -0.4 is 30.2 Å². The van der Waals surface area contributed by atoms with Crippen molar-refractivity contribution in [2.45, 2.75) is 0 Å². The van der Waals surface area contributed by atoms with Gasteiger partial charge in [0, 0.05) is 50.4 Å². The third kappa shape index (κ3) is 9.64. The van der Waals surface area contributed by atoms with E-state index in [0.717, 1.165) is 0 Å². The lowest BCUT2D eigenvalue weighted by molar-refractivity contribution is 0.101. The van der Waals surface area contributed by atoms with Gasteiger partial charge in [0.2, 0.25) is 0 Å². The van der Waals surface area contributed by atoms with Crippen LogP contribution in [0.25, 0.3) is 51.2 Å². The van der Waals surface area contributed by atoms with Gasteiger partial charge in [-0.05, 0) is 195 Å². The molecule has 354 valence electrons. The van der Waals surface area contributed by atoms with Gasteiger partial charge >= 0.3 is 0 Å². The molecule has 7 aromatic carbocycles. The van der Waals surface area contributed by atoms with Crippen LogP contribution >= 0.6 is 0 Å². The highest BCUT2D eigenvalue weighted by atomic mass is 16.5. The number of anilines is 3. The van der Waals surface area contributed by atoms with Gasteiger partial charge in [0.15, 0.2) is 17.5 Å². The second kappa shape index (κ2) is 20.0. The maximum Gasteiger partial charge on any atom is 0.255 e. The Labute approximate surface area is 409 Å². The van der Waals surface area contributed by atoms with Crippen LogP contribution in [0.15, 0.2) is 164 Å². The number of nitrogens with zero attached hydrogens (tertiary/aromatic N) is 12. The normalized spacial score (nSPS) is 10.9. The Bertz CT molecular complexity index is 3150. The predicted octanol–water partition coefficient (Wildman–Crippen LogP) is 7.40. The first-order valence-corrected chi connectivity index (χ1v) is 21.9. The molecule has 0 saturated carbocycles. The van der Waals surface area contributed by atoms with Crippen molar-refractivity contribution in [3.8, 4) is 68.5 Å². The van der Waals surface area contributed by atoms with E-state index in [1.807, 2.05) is 18.2 Å². The number of hydrogen-bond donors (Lipinski definition) is 3. The van der Waals surface area contributed by atoms with Crippen molar-refractivity contribution in [1.82, 2.24) is 60.6 Å². The van der Waals surface area contributed by atoms with Crippen molar-refractivity contribution < 1.29 is 28.6 Å². The van der Waals surface area contributed by atoms with Crippen LogP contribution in [0.1, 0.15) is 31.1 Å². The summed E-state index contributed by atoms with van der Waals surface area (Å²) in [5, 5.41) is 47.1. The summed E-state index contributed by atoms with van der Waals surface area (Å²) in [6.45, 7) is 0. The summed E-state index contributed by atoms with van der Waals surface area (Å²) in [5.41, 5.74) is 6.29. The van der Waals surface area contributed by atoms with Crippen molar-refractivity contribution in [3.63, 3.8) is 0 Å². The van der Waals surface area contributed by atoms with E-state index < -0.39 is 0 Å². The molecular formula is C51H39N15O6. The quantitative estimate of drug-likeness (QED) is 0.0906. The van der Waals surface area contributed by atoms with Gasteiger partial charge in [0.1, 0.15) is 17.2 Å². The lowest BCUT2D eigenvalue weighted by Crippen LogP contribution is -2.12. The number of hydrogen-bond acceptors (Lipinski definition) is 15. The van der Waals surface area contributed by atoms with E-state index in [9.17, 15) is 14.4 Å². The molecule has 0 radical (unpaired) electrons. The third-order valence-corrected chi connectivity index (χ3v) is 11.3. The number of aromatic nitrogens is 12. The summed E-state index contributed by atoms with van der Waals surface area (Å²) in [6.07, 6.45) is 0. The van der Waals surface area contributed by atoms with Gasteiger partial charge in [-0.3, -0.25) is 14.4 Å². The molecule has 3 heterocycles. The number of ether oxygens (including phenoxy) is 3. The molecule has 0 bridgehead atoms. The van der Waals surface area contributed by atoms with Gasteiger partial charge in [-0.1, -0.05) is 0 Å². The number of amides is 3. The number of carbonyl (C=O) groups is 3. The fraction of sp³-hybridized carbons (Fsp3) is 0.0588. The molecule has 0 unspecified atom stereocenters. The number of carbonyl (C=O) groups excluding carboxylic acids is 3. The highest BCUT2D eigenvalue weighted by Gasteiger charge is 2.22. The highest BCUT2D eigenvalue weighted by molar-refractivity contribution is 6.05. The zero-order valence-electron chi connectivity index (χ0n) is 38.4. The van der Waals surface area contributed by atoms with E-state index in [2.05, 4.69) is 62.5 Å². The second-order valence-electron chi connectivity index (χ2n) is 15.7. The van der Waals surface area contributed by atoms with E-state index >= 15 is 0 Å². The summed E-state index contributed by atoms with van der Waals surface area (Å²) < 4.78 is 20.3. The summed E-state index contributed by atoms with van der Waals surface area (Å²) in [4.78, 5) is 39.6. The second-order valence-corrected chi connectivity index (χ2v) is 15.7. The van der Waals surface area contributed by atoms with E-state index in [-0.39, 0.29) is 17.7 Å². The van der Waals surface area contributed by atoms with Crippen LogP contribution in [-0.2, 0) is 0 Å². The average molecular weight is 958 g/mol. The molecule has 21 heteroatoms. The van der Waals surface area contributed by atoms with E-state index in [0.29, 0.717) is 102 Å². The molecule has 10 aromatic rings. The minimum atomic E-state index is -0.311. The van der Waals surface area contributed by atoms with Crippen molar-refractivity contribution in [3.05, 3.63) is 180 Å². The fourth-order valence-corrected chi connectivity index (χ4v) is 7.53. The maximum absolute atomic E-state index is 13.2. The van der Waals surface area contributed by atoms with Crippen LogP contribution in [0.4, 0.5) is 17.1 Å². The Morgan fingerprint density at radius 2 is 0.611 bits per heavy atom. The van der Waals surface area contributed by atoms with Crippen LogP contribution in [-0.4, -0.2) is 99.7 Å². The van der Waals surface area contributed by atoms with Gasteiger partial charge in [0.25, 0.3) is 17.7 Å². The number of methoxy groups -OCH3 is 3. The van der Waals surface area contributed by atoms with Crippen molar-refractivity contribution in [2.75, 3.05) is 37.3 Å². The Morgan fingerprint density at radius 1 is 0.361 bits per heavy atom. The lowest BCUT2D eigenvalue weighted by Gasteiger charge is -2.12. The molecule has 0 atom stereocenters. The molecule has 0 spiro atoms. The van der Waals surface area contributed by atoms with Gasteiger partial charge in [-0.15, -0.1) is 15.3 Å². The Morgan fingerprint density at radius 3 is 0.847 bits per heavy atom. The first-order chi connectivity index (χ1) is 35.2. The van der Waals surface area contributed by atoms with Gasteiger partial charge in [-0.2, -0.15) is 14.0 Å². The summed E-state index contributed by atoms with van der Waals surface area (Å²) in [6, 6.07) is 47.0. The fourth-order valence-electron chi connectivity index (χ4n) is 7.53. The molecule has 72 heavy (non-hydrogen) atoms. The summed E-state index contributed by atoms with van der Waals surface area (Å²) >= 11 is 0. The van der Waals surface area contributed by atoms with Crippen LogP contribution in [0.3, 0.4) is 0 Å². The van der Waals surface area contributed by atoms with Crippen LogP contribution in [0, 0.1) is 0 Å². The molecule has 0 fully saturated rings. The summed E-state index contributed by atoms with van der Waals surface area (Å²) in [5.74, 6) is 2.05. The van der Waals surface area contributed by atoms with Crippen LogP contribution in [0.2, 0.25) is 0 Å². The van der Waals surface area contributed by atoms with Crippen molar-refractivity contribution in [2.24, 2.45) is 0 Å². The first-order valence-electron chi connectivity index (χ1n) is 21.9. The largest absolute Gasteiger partial charge is 0.497 e. The highest BCUT2D eigenvalue weighted by Crippen LogP contribution is 2.33. The number of tetrazole rings is 3. The lowest BCUT2D eigenvalue weighted by atomic mass is 10.0. The zero-order valence-corrected chi connectivity index (χ0v) is 38.4. The molecule has 0 aliphatic rings. The van der Waals surface area contributed by atoms with E-state index in [4.69, 9.17) is 14.2 Å². The smallest absolute Gasteiger partial charge is 0.255 e. The number of benzene rings is 7. The molecule has 3 aromatic heterocycles. The van der Waals surface area contributed by atoms with Gasteiger partial charge in [-0.25, -0.2) is 0 Å². The molecular weight excluding hydrogens is 919 g/mol. The Kier molecular flexibility index (Phi) is 12.6. The van der Waals surface area contributed by atoms with E-state index in [1.165, 1.54) is 14.0 Å². The molecule has 3 N–H and O–H groups in total. The number of rotatable bonds is 15. The molecule has 10 rings (SSSR count). The molecule has 0 saturated heterocycles. The van der Waals surface area contributed by atoms with Crippen molar-refractivity contribution in [1.29, 1.82) is 0 Å². The summed E-state index contributed by atoms with van der Waals surface area (Å²) in [7, 11) is 4.72. The monoisotopic (exact) mass is 957 g/mol. The zero-order chi connectivity index (χ0) is 49.6. The third-order valence-electron chi connectivity index (χ3n) is 11.3.